The van der Waals surface area contributed by atoms with E-state index in [1.807, 2.05) is 20.0 Å². The van der Waals surface area contributed by atoms with Crippen molar-refractivity contribution in [2.45, 2.75) is 26.4 Å². The van der Waals surface area contributed by atoms with Crippen LogP contribution in [0, 0.1) is 11.6 Å². The predicted octanol–water partition coefficient (Wildman–Crippen LogP) is 2.86. The summed E-state index contributed by atoms with van der Waals surface area (Å²) in [4.78, 5) is 0. The summed E-state index contributed by atoms with van der Waals surface area (Å²) in [6.07, 6.45) is 1.81. The van der Waals surface area contributed by atoms with Crippen molar-refractivity contribution in [3.8, 4) is 11.3 Å². The van der Waals surface area contributed by atoms with Gasteiger partial charge in [-0.1, -0.05) is 13.8 Å². The number of hydrogen-bond donors (Lipinski definition) is 1. The molecule has 1 aromatic heterocycles. The Morgan fingerprint density at radius 2 is 2.05 bits per heavy atom. The lowest BCUT2D eigenvalue weighted by Crippen LogP contribution is -2.21. The number of rotatable bonds is 4. The van der Waals surface area contributed by atoms with Gasteiger partial charge in [0.2, 0.25) is 0 Å². The van der Waals surface area contributed by atoms with Crippen LogP contribution in [0.2, 0.25) is 0 Å². The van der Waals surface area contributed by atoms with Crippen molar-refractivity contribution in [2.24, 2.45) is 7.05 Å². The molecule has 0 atom stereocenters. The molecule has 1 heterocycles. The lowest BCUT2D eigenvalue weighted by Gasteiger charge is -2.08. The van der Waals surface area contributed by atoms with Gasteiger partial charge in [-0.15, -0.1) is 0 Å². The second kappa shape index (κ2) is 5.48. The fraction of sp³-hybridized carbons (Fsp3) is 0.357. The SMILES string of the molecule is CC(C)NCc1cn(C)nc1-c1cc(F)ccc1F. The average Bonchev–Trinajstić information content (AvgIpc) is 2.71. The van der Waals surface area contributed by atoms with Gasteiger partial charge in [0.25, 0.3) is 0 Å². The summed E-state index contributed by atoms with van der Waals surface area (Å²) in [5.74, 6) is -0.935. The Balaban J connectivity index is 2.40. The summed E-state index contributed by atoms with van der Waals surface area (Å²) in [7, 11) is 1.76. The Morgan fingerprint density at radius 3 is 2.74 bits per heavy atom. The number of halogens is 2. The molecule has 0 amide bonds. The Kier molecular flexibility index (Phi) is 3.95. The van der Waals surface area contributed by atoms with Crippen LogP contribution in [0.15, 0.2) is 24.4 Å². The zero-order valence-electron chi connectivity index (χ0n) is 11.2. The zero-order chi connectivity index (χ0) is 14.0. The van der Waals surface area contributed by atoms with E-state index < -0.39 is 11.6 Å². The molecule has 102 valence electrons. The molecule has 19 heavy (non-hydrogen) atoms. The third kappa shape index (κ3) is 3.17. The molecule has 0 unspecified atom stereocenters. The number of benzene rings is 1. The zero-order valence-corrected chi connectivity index (χ0v) is 11.2. The minimum Gasteiger partial charge on any atom is -0.310 e. The monoisotopic (exact) mass is 265 g/mol. The predicted molar refractivity (Wildman–Crippen MR) is 70.5 cm³/mol. The molecule has 0 aliphatic carbocycles. The van der Waals surface area contributed by atoms with E-state index in [4.69, 9.17) is 0 Å². The molecule has 0 saturated carbocycles. The van der Waals surface area contributed by atoms with Gasteiger partial charge in [0.1, 0.15) is 11.6 Å². The second-order valence-electron chi connectivity index (χ2n) is 4.84. The van der Waals surface area contributed by atoms with E-state index in [1.54, 1.807) is 11.7 Å². The molecule has 0 spiro atoms. The largest absolute Gasteiger partial charge is 0.310 e. The summed E-state index contributed by atoms with van der Waals surface area (Å²) < 4.78 is 28.7. The van der Waals surface area contributed by atoms with Gasteiger partial charge in [0.15, 0.2) is 0 Å². The Morgan fingerprint density at radius 1 is 1.32 bits per heavy atom. The first-order valence-electron chi connectivity index (χ1n) is 6.18. The minimum absolute atomic E-state index is 0.196. The number of nitrogens with one attached hydrogen (secondary N) is 1. The molecule has 0 saturated heterocycles. The van der Waals surface area contributed by atoms with Crippen LogP contribution in [0.25, 0.3) is 11.3 Å². The first-order valence-corrected chi connectivity index (χ1v) is 6.18. The van der Waals surface area contributed by atoms with Gasteiger partial charge in [-0.05, 0) is 18.2 Å². The van der Waals surface area contributed by atoms with Gasteiger partial charge in [0.05, 0.1) is 5.69 Å². The lowest BCUT2D eigenvalue weighted by atomic mass is 10.1. The number of nitrogens with zero attached hydrogens (tertiary/aromatic N) is 2. The third-order valence-corrected chi connectivity index (χ3v) is 2.79. The quantitative estimate of drug-likeness (QED) is 0.921. The molecule has 3 nitrogen and oxygen atoms in total. The van der Waals surface area contributed by atoms with Gasteiger partial charge in [0, 0.05) is 37.0 Å². The van der Waals surface area contributed by atoms with Crippen LogP contribution in [0.3, 0.4) is 0 Å². The van der Waals surface area contributed by atoms with Crippen molar-refractivity contribution < 1.29 is 8.78 Å². The van der Waals surface area contributed by atoms with Gasteiger partial charge in [-0.3, -0.25) is 4.68 Å². The van der Waals surface area contributed by atoms with E-state index in [9.17, 15) is 8.78 Å². The van der Waals surface area contributed by atoms with Crippen molar-refractivity contribution in [1.82, 2.24) is 15.1 Å². The summed E-state index contributed by atoms with van der Waals surface area (Å²) in [5.41, 5.74) is 1.52. The molecule has 2 aromatic rings. The van der Waals surface area contributed by atoms with Crippen molar-refractivity contribution >= 4 is 0 Å². The van der Waals surface area contributed by atoms with Gasteiger partial charge in [-0.25, -0.2) is 8.78 Å². The standard InChI is InChI=1S/C14H17F2N3/c1-9(2)17-7-10-8-19(3)18-14(10)12-6-11(15)4-5-13(12)16/h4-6,8-9,17H,7H2,1-3H3. The van der Waals surface area contributed by atoms with Crippen LogP contribution in [0.5, 0.6) is 0 Å². The van der Waals surface area contributed by atoms with Crippen LogP contribution in [0.1, 0.15) is 19.4 Å². The number of hydrogen-bond acceptors (Lipinski definition) is 2. The topological polar surface area (TPSA) is 29.9 Å². The maximum atomic E-state index is 13.8. The van der Waals surface area contributed by atoms with Crippen LogP contribution in [-0.2, 0) is 13.6 Å². The normalized spacial score (nSPS) is 11.3. The minimum atomic E-state index is -0.468. The number of aromatic nitrogens is 2. The molecule has 1 aromatic carbocycles. The molecule has 0 aliphatic heterocycles. The van der Waals surface area contributed by atoms with E-state index in [-0.39, 0.29) is 5.56 Å². The maximum absolute atomic E-state index is 13.8. The first kappa shape index (κ1) is 13.7. The highest BCUT2D eigenvalue weighted by Crippen LogP contribution is 2.25. The molecule has 0 bridgehead atoms. The Bertz CT molecular complexity index is 576. The van der Waals surface area contributed by atoms with Crippen LogP contribution < -0.4 is 5.32 Å². The number of aryl methyl sites for hydroxylation is 1. The van der Waals surface area contributed by atoms with Crippen LogP contribution in [0.4, 0.5) is 8.78 Å². The van der Waals surface area contributed by atoms with Crippen molar-refractivity contribution in [2.75, 3.05) is 0 Å². The van der Waals surface area contributed by atoms with E-state index in [2.05, 4.69) is 10.4 Å². The highest BCUT2D eigenvalue weighted by Gasteiger charge is 2.15. The fourth-order valence-corrected chi connectivity index (χ4v) is 1.89. The third-order valence-electron chi connectivity index (χ3n) is 2.79. The van der Waals surface area contributed by atoms with Gasteiger partial charge >= 0.3 is 0 Å². The molecule has 0 radical (unpaired) electrons. The molecule has 1 N–H and O–H groups in total. The average molecular weight is 265 g/mol. The summed E-state index contributed by atoms with van der Waals surface area (Å²) >= 11 is 0. The summed E-state index contributed by atoms with van der Waals surface area (Å²) in [6.45, 7) is 4.62. The van der Waals surface area contributed by atoms with E-state index in [1.165, 1.54) is 6.07 Å². The fourth-order valence-electron chi connectivity index (χ4n) is 1.89. The Hall–Kier alpha value is -1.75. The lowest BCUT2D eigenvalue weighted by molar-refractivity contribution is 0.587. The highest BCUT2D eigenvalue weighted by atomic mass is 19.1. The van der Waals surface area contributed by atoms with Crippen molar-refractivity contribution in [1.29, 1.82) is 0 Å². The second-order valence-corrected chi connectivity index (χ2v) is 4.84. The van der Waals surface area contributed by atoms with Crippen LogP contribution >= 0.6 is 0 Å². The molecule has 0 fully saturated rings. The maximum Gasteiger partial charge on any atom is 0.132 e. The van der Waals surface area contributed by atoms with E-state index >= 15 is 0 Å². The molecule has 0 aliphatic rings. The van der Waals surface area contributed by atoms with Crippen LogP contribution in [-0.4, -0.2) is 15.8 Å². The smallest absolute Gasteiger partial charge is 0.132 e. The van der Waals surface area contributed by atoms with Gasteiger partial charge in [-0.2, -0.15) is 5.10 Å². The van der Waals surface area contributed by atoms with E-state index in [0.29, 0.717) is 18.3 Å². The molecular weight excluding hydrogens is 248 g/mol. The summed E-state index contributed by atoms with van der Waals surface area (Å²) in [6, 6.07) is 3.72. The highest BCUT2D eigenvalue weighted by molar-refractivity contribution is 5.63. The Labute approximate surface area is 111 Å². The molecular formula is C14H17F2N3. The summed E-state index contributed by atoms with van der Waals surface area (Å²) in [5, 5.41) is 7.48. The van der Waals surface area contributed by atoms with Gasteiger partial charge < -0.3 is 5.32 Å². The van der Waals surface area contributed by atoms with E-state index in [0.717, 1.165) is 17.7 Å². The first-order chi connectivity index (χ1) is 8.97. The van der Waals surface area contributed by atoms with Crippen molar-refractivity contribution in [3.63, 3.8) is 0 Å². The molecule has 2 rings (SSSR count). The molecule has 5 heteroatoms. The van der Waals surface area contributed by atoms with Crippen molar-refractivity contribution in [3.05, 3.63) is 41.6 Å².